The van der Waals surface area contributed by atoms with E-state index in [1.807, 2.05) is 84.9 Å². The van der Waals surface area contributed by atoms with Gasteiger partial charge in [0, 0.05) is 6.07 Å². The Bertz CT molecular complexity index is 2410. The van der Waals surface area contributed by atoms with Gasteiger partial charge in [0.05, 0.1) is 25.2 Å². The van der Waals surface area contributed by atoms with Crippen LogP contribution in [0.5, 0.6) is 28.7 Å². The van der Waals surface area contributed by atoms with Crippen LogP contribution in [0.2, 0.25) is 0 Å². The van der Waals surface area contributed by atoms with Crippen LogP contribution >= 0.6 is 33.2 Å². The van der Waals surface area contributed by atoms with Crippen molar-refractivity contribution in [3.05, 3.63) is 150 Å². The lowest BCUT2D eigenvalue weighted by molar-refractivity contribution is 0.221. The molecule has 6 rings (SSSR count). The van der Waals surface area contributed by atoms with Crippen LogP contribution in [0.3, 0.4) is 0 Å². The summed E-state index contributed by atoms with van der Waals surface area (Å²) in [7, 11) is -4.65. The molecule has 6 aromatic rings. The zero-order chi connectivity index (χ0) is 35.4. The molecule has 17 heteroatoms. The maximum Gasteiger partial charge on any atom is 0.319 e. The van der Waals surface area contributed by atoms with E-state index in [9.17, 15) is 21.0 Å². The molecule has 3 unspecified atom stereocenters. The van der Waals surface area contributed by atoms with E-state index >= 15 is 0 Å². The van der Waals surface area contributed by atoms with Crippen molar-refractivity contribution in [1.29, 1.82) is 21.0 Å². The minimum absolute atomic E-state index is 0.145. The molecule has 0 spiro atoms. The van der Waals surface area contributed by atoms with Gasteiger partial charge in [-0.15, -0.1) is 0 Å². The Morgan fingerprint density at radius 1 is 0.549 bits per heavy atom. The molecule has 13 nitrogen and oxygen atoms in total. The van der Waals surface area contributed by atoms with E-state index in [0.29, 0.717) is 23.0 Å². The predicted octanol–water partition coefficient (Wildman–Crippen LogP) is 9.02. The van der Waals surface area contributed by atoms with E-state index in [1.165, 1.54) is 14.6 Å². The second kappa shape index (κ2) is 16.7. The summed E-state index contributed by atoms with van der Waals surface area (Å²) in [4.78, 5) is 19.4. The monoisotopic (exact) mass is 746 g/mol. The highest BCUT2D eigenvalue weighted by molar-refractivity contribution is 7.55. The lowest BCUT2D eigenvalue weighted by Crippen LogP contribution is -2.16. The zero-order valence-corrected chi connectivity index (χ0v) is 29.8. The van der Waals surface area contributed by atoms with Crippen LogP contribution in [-0.4, -0.2) is 17.3 Å². The summed E-state index contributed by atoms with van der Waals surface area (Å²) in [5, 5.41) is 39.7. The average Bonchev–Trinajstić information content (AvgIpc) is 3.18. The van der Waals surface area contributed by atoms with E-state index in [1.54, 1.807) is 64.9 Å². The Hall–Kier alpha value is -6.54. The second-order valence-corrected chi connectivity index (χ2v) is 15.6. The number of nitriles is 4. The molecule has 0 amide bonds. The standard InChI is InChI=1S/C34H22N8O5P4/c35-22-26-21-34(33(25-38)32(24-37)31(26)23-36)45-41-49-39-48-40(43-27-13-5-1-6-14-27)50(46-29-17-9-3-10-18-29)42(44-28-15-7-2-8-16-28)51(41)47-30-19-11-4-12-20-30/h1-21,48H. The lowest BCUT2D eigenvalue weighted by atomic mass is 9.97. The molecule has 0 aliphatic rings. The molecule has 1 aromatic heterocycles. The van der Waals surface area contributed by atoms with Crippen molar-refractivity contribution in [2.45, 2.75) is 0 Å². The fraction of sp³-hybridized carbons (Fsp3) is 0. The van der Waals surface area contributed by atoms with Crippen molar-refractivity contribution in [1.82, 2.24) is 17.3 Å². The number of benzene rings is 5. The first kappa shape index (κ1) is 34.3. The van der Waals surface area contributed by atoms with Crippen molar-refractivity contribution in [3.63, 3.8) is 0 Å². The minimum atomic E-state index is -2.30. The third-order valence-corrected chi connectivity index (χ3v) is 12.4. The number of hydrogen-bond donors (Lipinski definition) is 0. The summed E-state index contributed by atoms with van der Waals surface area (Å²) >= 11 is 0. The SMILES string of the molecule is N#Cc1cc(On2pn[pH]n(Oc3ccccc3)p(Oc3ccccc3)n(Oc3ccccc3)p2Oc2ccccc2)c(C#N)c(C#N)c1C#N. The summed E-state index contributed by atoms with van der Waals surface area (Å²) in [5.74, 6) is 1.71. The van der Waals surface area contributed by atoms with Crippen LogP contribution in [0.15, 0.2) is 127 Å². The average molecular weight is 746 g/mol. The van der Waals surface area contributed by atoms with Gasteiger partial charge < -0.3 is 23.6 Å². The normalized spacial score (nSPS) is 10.9. The summed E-state index contributed by atoms with van der Waals surface area (Å²) in [6, 6.07) is 45.0. The first-order valence-electron chi connectivity index (χ1n) is 14.7. The maximum absolute atomic E-state index is 10.2. The smallest absolute Gasteiger partial charge is 0.319 e. The molecular weight excluding hydrogens is 724 g/mol. The van der Waals surface area contributed by atoms with Crippen LogP contribution in [0.4, 0.5) is 0 Å². The van der Waals surface area contributed by atoms with Crippen LogP contribution in [0.25, 0.3) is 0 Å². The Labute approximate surface area is 297 Å². The fourth-order valence-corrected chi connectivity index (χ4v) is 10.7. The Balaban J connectivity index is 1.69. The maximum atomic E-state index is 10.2. The summed E-state index contributed by atoms with van der Waals surface area (Å²) in [5.41, 5.74) is -0.909. The molecule has 0 saturated heterocycles. The molecular formula is C34H22N8O5P4. The van der Waals surface area contributed by atoms with Crippen LogP contribution in [-0.2, 0) is 0 Å². The Morgan fingerprint density at radius 3 is 1.55 bits per heavy atom. The first-order valence-corrected chi connectivity index (χ1v) is 18.7. The first-order chi connectivity index (χ1) is 25.1. The van der Waals surface area contributed by atoms with Gasteiger partial charge in [0.15, 0.2) is 25.8 Å². The van der Waals surface area contributed by atoms with Gasteiger partial charge in [-0.05, 0) is 52.8 Å². The van der Waals surface area contributed by atoms with Crippen molar-refractivity contribution in [3.8, 4) is 53.0 Å². The molecule has 1 heterocycles. The zero-order valence-electron chi connectivity index (χ0n) is 26.1. The molecule has 3 atom stereocenters. The van der Waals surface area contributed by atoms with Gasteiger partial charge >= 0.3 is 16.2 Å². The highest BCUT2D eigenvalue weighted by atomic mass is 31.2. The van der Waals surface area contributed by atoms with Gasteiger partial charge in [0.2, 0.25) is 0 Å². The van der Waals surface area contributed by atoms with Crippen molar-refractivity contribution < 1.29 is 23.6 Å². The molecule has 0 bridgehead atoms. The molecule has 5 aromatic carbocycles. The number of nitrogens with zero attached hydrogens (tertiary/aromatic N) is 8. The molecule has 248 valence electrons. The summed E-state index contributed by atoms with van der Waals surface area (Å²) < 4.78 is 22.4. The second-order valence-electron chi connectivity index (χ2n) is 9.78. The van der Waals surface area contributed by atoms with E-state index in [0.717, 1.165) is 0 Å². The van der Waals surface area contributed by atoms with Crippen LogP contribution in [0.1, 0.15) is 22.3 Å². The van der Waals surface area contributed by atoms with Gasteiger partial charge in [0.1, 0.15) is 41.3 Å². The molecule has 51 heavy (non-hydrogen) atoms. The van der Waals surface area contributed by atoms with Crippen molar-refractivity contribution in [2.24, 2.45) is 0 Å². The molecule has 0 saturated carbocycles. The lowest BCUT2D eigenvalue weighted by Gasteiger charge is -2.22. The van der Waals surface area contributed by atoms with Gasteiger partial charge in [0.25, 0.3) is 0 Å². The third kappa shape index (κ3) is 8.20. The molecule has 0 aliphatic heterocycles. The Morgan fingerprint density at radius 2 is 1.04 bits per heavy atom. The van der Waals surface area contributed by atoms with Crippen molar-refractivity contribution >= 4 is 33.2 Å². The van der Waals surface area contributed by atoms with Gasteiger partial charge in [-0.3, -0.25) is 0 Å². The van der Waals surface area contributed by atoms with Gasteiger partial charge in [-0.2, -0.15) is 25.6 Å². The minimum Gasteiger partial charge on any atom is -0.413 e. The van der Waals surface area contributed by atoms with Gasteiger partial charge in [-0.25, -0.2) is 0 Å². The largest absolute Gasteiger partial charge is 0.413 e. The number of aromatic nitrogens is 4. The molecule has 0 fully saturated rings. The number of para-hydroxylation sites is 4. The van der Waals surface area contributed by atoms with Crippen LogP contribution in [0, 0.1) is 45.3 Å². The van der Waals surface area contributed by atoms with E-state index < -0.39 is 24.7 Å². The highest BCUT2D eigenvalue weighted by Gasteiger charge is 2.24. The molecule has 0 radical (unpaired) electrons. The molecule has 0 N–H and O–H groups in total. The quantitative estimate of drug-likeness (QED) is 0.132. The van der Waals surface area contributed by atoms with E-state index in [2.05, 4.69) is 0 Å². The third-order valence-electron chi connectivity index (χ3n) is 6.50. The van der Waals surface area contributed by atoms with E-state index in [4.69, 9.17) is 28.1 Å². The molecule has 0 aliphatic carbocycles. The van der Waals surface area contributed by atoms with Gasteiger partial charge in [-0.1, -0.05) is 81.3 Å². The summed E-state index contributed by atoms with van der Waals surface area (Å²) in [6.45, 7) is 0. The summed E-state index contributed by atoms with van der Waals surface area (Å²) in [6.07, 6.45) is 0. The topological polar surface area (TPSA) is 169 Å². The van der Waals surface area contributed by atoms with Crippen LogP contribution < -0.4 is 23.6 Å². The predicted molar refractivity (Wildman–Crippen MR) is 192 cm³/mol. The highest BCUT2D eigenvalue weighted by Crippen LogP contribution is 2.43. The van der Waals surface area contributed by atoms with E-state index in [-0.39, 0.29) is 36.5 Å². The van der Waals surface area contributed by atoms with Crippen molar-refractivity contribution in [2.75, 3.05) is 0 Å². The fourth-order valence-electron chi connectivity index (χ4n) is 4.24. The number of rotatable bonds is 10. The number of hydrogen-bond acceptors (Lipinski definition) is 10. The Kier molecular flexibility index (Phi) is 11.3.